The van der Waals surface area contributed by atoms with Gasteiger partial charge in [0, 0.05) is 35.7 Å². The SMILES string of the molecule is Cc1cc(C(=O)Nc2ccc(Oc3ncccn3)cc2)c(C)n1-c1cccnc1. The van der Waals surface area contributed by atoms with E-state index in [9.17, 15) is 4.79 Å². The monoisotopic (exact) mass is 385 g/mol. The van der Waals surface area contributed by atoms with Crippen LogP contribution in [-0.4, -0.2) is 25.4 Å². The molecule has 0 radical (unpaired) electrons. The van der Waals surface area contributed by atoms with Gasteiger partial charge in [-0.1, -0.05) is 0 Å². The van der Waals surface area contributed by atoms with E-state index >= 15 is 0 Å². The van der Waals surface area contributed by atoms with Crippen molar-refractivity contribution in [3.05, 3.63) is 90.3 Å². The Bertz CT molecular complexity index is 1120. The van der Waals surface area contributed by atoms with Gasteiger partial charge in [0.2, 0.25) is 0 Å². The second-order valence-electron chi connectivity index (χ2n) is 6.44. The highest BCUT2D eigenvalue weighted by Crippen LogP contribution is 2.23. The molecule has 7 heteroatoms. The largest absolute Gasteiger partial charge is 0.424 e. The molecule has 1 N–H and O–H groups in total. The molecule has 0 saturated heterocycles. The van der Waals surface area contributed by atoms with Crippen LogP contribution in [0.1, 0.15) is 21.7 Å². The van der Waals surface area contributed by atoms with Crippen LogP contribution in [-0.2, 0) is 0 Å². The average molecular weight is 385 g/mol. The van der Waals surface area contributed by atoms with E-state index in [1.807, 2.05) is 36.6 Å². The van der Waals surface area contributed by atoms with E-state index in [-0.39, 0.29) is 11.9 Å². The van der Waals surface area contributed by atoms with Crippen molar-refractivity contribution in [2.24, 2.45) is 0 Å². The Hall–Kier alpha value is -4.00. The Balaban J connectivity index is 1.50. The summed E-state index contributed by atoms with van der Waals surface area (Å²) in [6, 6.07) is 14.8. The maximum Gasteiger partial charge on any atom is 0.321 e. The molecule has 4 aromatic rings. The van der Waals surface area contributed by atoms with Gasteiger partial charge < -0.3 is 14.6 Å². The lowest BCUT2D eigenvalue weighted by Gasteiger charge is -2.10. The molecule has 0 aliphatic carbocycles. The lowest BCUT2D eigenvalue weighted by atomic mass is 10.2. The zero-order chi connectivity index (χ0) is 20.2. The van der Waals surface area contributed by atoms with E-state index in [1.54, 1.807) is 55.1 Å². The molecule has 0 unspecified atom stereocenters. The maximum absolute atomic E-state index is 12.8. The first-order valence-corrected chi connectivity index (χ1v) is 9.07. The minimum atomic E-state index is -0.173. The second kappa shape index (κ2) is 7.93. The lowest BCUT2D eigenvalue weighted by Crippen LogP contribution is -2.13. The van der Waals surface area contributed by atoms with Crippen molar-refractivity contribution in [1.29, 1.82) is 0 Å². The predicted molar refractivity (Wildman–Crippen MR) is 110 cm³/mol. The summed E-state index contributed by atoms with van der Waals surface area (Å²) in [5.74, 6) is 0.414. The number of carbonyl (C=O) groups is 1. The number of pyridine rings is 1. The smallest absolute Gasteiger partial charge is 0.321 e. The lowest BCUT2D eigenvalue weighted by molar-refractivity contribution is 0.102. The Morgan fingerprint density at radius 2 is 1.76 bits per heavy atom. The maximum atomic E-state index is 12.8. The van der Waals surface area contributed by atoms with Gasteiger partial charge in [0.05, 0.1) is 17.4 Å². The van der Waals surface area contributed by atoms with Gasteiger partial charge in [-0.15, -0.1) is 0 Å². The molecule has 1 aromatic carbocycles. The Morgan fingerprint density at radius 3 is 2.45 bits per heavy atom. The molecule has 0 fully saturated rings. The summed E-state index contributed by atoms with van der Waals surface area (Å²) in [6.45, 7) is 3.89. The molecule has 0 aliphatic rings. The summed E-state index contributed by atoms with van der Waals surface area (Å²) in [4.78, 5) is 25.0. The number of ether oxygens (including phenoxy) is 1. The van der Waals surface area contributed by atoms with Crippen molar-refractivity contribution in [2.45, 2.75) is 13.8 Å². The average Bonchev–Trinajstić information content (AvgIpc) is 3.05. The molecule has 144 valence electrons. The van der Waals surface area contributed by atoms with Crippen molar-refractivity contribution in [2.75, 3.05) is 5.32 Å². The number of aromatic nitrogens is 4. The summed E-state index contributed by atoms with van der Waals surface area (Å²) in [5, 5.41) is 2.93. The van der Waals surface area contributed by atoms with Crippen molar-refractivity contribution >= 4 is 11.6 Å². The van der Waals surface area contributed by atoms with E-state index in [4.69, 9.17) is 4.74 Å². The zero-order valence-corrected chi connectivity index (χ0v) is 16.0. The van der Waals surface area contributed by atoms with Crippen LogP contribution in [0.15, 0.2) is 73.3 Å². The number of nitrogens with zero attached hydrogens (tertiary/aromatic N) is 4. The third kappa shape index (κ3) is 3.98. The molecule has 4 rings (SSSR count). The van der Waals surface area contributed by atoms with Crippen LogP contribution in [0.2, 0.25) is 0 Å². The normalized spacial score (nSPS) is 10.6. The molecule has 1 amide bonds. The van der Waals surface area contributed by atoms with E-state index < -0.39 is 0 Å². The molecule has 0 saturated carbocycles. The first-order chi connectivity index (χ1) is 14.1. The number of aryl methyl sites for hydroxylation is 1. The summed E-state index contributed by atoms with van der Waals surface area (Å²) < 4.78 is 7.58. The fourth-order valence-electron chi connectivity index (χ4n) is 3.12. The minimum Gasteiger partial charge on any atom is -0.424 e. The van der Waals surface area contributed by atoms with Gasteiger partial charge in [-0.05, 0) is 62.4 Å². The molecular formula is C22H19N5O2. The van der Waals surface area contributed by atoms with Crippen molar-refractivity contribution in [3.63, 3.8) is 0 Å². The predicted octanol–water partition coefficient (Wildman–Crippen LogP) is 4.32. The molecule has 3 heterocycles. The van der Waals surface area contributed by atoms with E-state index in [2.05, 4.69) is 20.3 Å². The molecule has 0 atom stereocenters. The van der Waals surface area contributed by atoms with Crippen LogP contribution in [0.25, 0.3) is 5.69 Å². The molecule has 0 spiro atoms. The second-order valence-corrected chi connectivity index (χ2v) is 6.44. The van der Waals surface area contributed by atoms with Crippen LogP contribution in [0, 0.1) is 13.8 Å². The zero-order valence-electron chi connectivity index (χ0n) is 16.0. The van der Waals surface area contributed by atoms with Crippen LogP contribution in [0.5, 0.6) is 11.8 Å². The fraction of sp³-hybridized carbons (Fsp3) is 0.0909. The van der Waals surface area contributed by atoms with Crippen LogP contribution >= 0.6 is 0 Å². The number of rotatable bonds is 5. The van der Waals surface area contributed by atoms with Crippen molar-refractivity contribution in [1.82, 2.24) is 19.5 Å². The van der Waals surface area contributed by atoms with Gasteiger partial charge in [0.15, 0.2) is 0 Å². The van der Waals surface area contributed by atoms with Crippen LogP contribution in [0.4, 0.5) is 5.69 Å². The van der Waals surface area contributed by atoms with Crippen molar-refractivity contribution in [3.8, 4) is 17.4 Å². The number of anilines is 1. The summed E-state index contributed by atoms with van der Waals surface area (Å²) in [5.41, 5.74) is 4.03. The van der Waals surface area contributed by atoms with Gasteiger partial charge in [-0.25, -0.2) is 9.97 Å². The van der Waals surface area contributed by atoms with Gasteiger partial charge in [0.25, 0.3) is 5.91 Å². The fourth-order valence-corrected chi connectivity index (χ4v) is 3.12. The number of carbonyl (C=O) groups excluding carboxylic acids is 1. The third-order valence-corrected chi connectivity index (χ3v) is 4.44. The third-order valence-electron chi connectivity index (χ3n) is 4.44. The highest BCUT2D eigenvalue weighted by atomic mass is 16.5. The highest BCUT2D eigenvalue weighted by molar-refractivity contribution is 6.05. The van der Waals surface area contributed by atoms with Gasteiger partial charge in [-0.2, -0.15) is 0 Å². The number of hydrogen-bond acceptors (Lipinski definition) is 5. The van der Waals surface area contributed by atoms with Gasteiger partial charge in [-0.3, -0.25) is 9.78 Å². The molecule has 0 aliphatic heterocycles. The van der Waals surface area contributed by atoms with Crippen LogP contribution < -0.4 is 10.1 Å². The number of hydrogen-bond donors (Lipinski definition) is 1. The number of amides is 1. The first-order valence-electron chi connectivity index (χ1n) is 9.07. The summed E-state index contributed by atoms with van der Waals surface area (Å²) in [7, 11) is 0. The van der Waals surface area contributed by atoms with Crippen LogP contribution in [0.3, 0.4) is 0 Å². The Morgan fingerprint density at radius 1 is 1.00 bits per heavy atom. The summed E-state index contributed by atoms with van der Waals surface area (Å²) in [6.07, 6.45) is 6.72. The number of nitrogens with one attached hydrogen (secondary N) is 1. The first kappa shape index (κ1) is 18.4. The summed E-state index contributed by atoms with van der Waals surface area (Å²) >= 11 is 0. The topological polar surface area (TPSA) is 81.9 Å². The molecule has 0 bridgehead atoms. The highest BCUT2D eigenvalue weighted by Gasteiger charge is 2.17. The van der Waals surface area contributed by atoms with E-state index in [1.165, 1.54) is 0 Å². The van der Waals surface area contributed by atoms with Gasteiger partial charge >= 0.3 is 6.01 Å². The van der Waals surface area contributed by atoms with Crippen molar-refractivity contribution < 1.29 is 9.53 Å². The molecule has 29 heavy (non-hydrogen) atoms. The van der Waals surface area contributed by atoms with E-state index in [0.717, 1.165) is 17.1 Å². The van der Waals surface area contributed by atoms with Gasteiger partial charge in [0.1, 0.15) is 5.75 Å². The molecule has 3 aromatic heterocycles. The Labute approximate surface area is 168 Å². The van der Waals surface area contributed by atoms with E-state index in [0.29, 0.717) is 17.0 Å². The quantitative estimate of drug-likeness (QED) is 0.553. The Kier molecular flexibility index (Phi) is 5.03. The molecule has 7 nitrogen and oxygen atoms in total. The minimum absolute atomic E-state index is 0.173. The number of benzene rings is 1. The standard InChI is InChI=1S/C22H19N5O2/c1-15-13-20(16(2)27(15)18-5-3-10-23-14-18)21(28)26-17-6-8-19(9-7-17)29-22-24-11-4-12-25-22/h3-14H,1-2H3,(H,26,28). The molecular weight excluding hydrogens is 366 g/mol.